The van der Waals surface area contributed by atoms with Gasteiger partial charge < -0.3 is 10.6 Å². The molecule has 0 unspecified atom stereocenters. The quantitative estimate of drug-likeness (QED) is 0.336. The predicted octanol–water partition coefficient (Wildman–Crippen LogP) is 4.94. The van der Waals surface area contributed by atoms with Crippen LogP contribution in [0.25, 0.3) is 33.6 Å². The van der Waals surface area contributed by atoms with Crippen molar-refractivity contribution in [1.29, 1.82) is 0 Å². The molecular formula is C29H30N8. The van der Waals surface area contributed by atoms with Crippen molar-refractivity contribution in [3.63, 3.8) is 0 Å². The number of hydrogen-bond acceptors (Lipinski definition) is 6. The highest BCUT2D eigenvalue weighted by Crippen LogP contribution is 2.30. The van der Waals surface area contributed by atoms with Crippen LogP contribution in [0, 0.1) is 0 Å². The minimum absolute atomic E-state index is 0.450. The Kier molecular flexibility index (Phi) is 6.47. The topological polar surface area (TPSA) is 85.5 Å². The van der Waals surface area contributed by atoms with Gasteiger partial charge in [0.15, 0.2) is 0 Å². The Labute approximate surface area is 216 Å². The van der Waals surface area contributed by atoms with Gasteiger partial charge in [0.1, 0.15) is 11.5 Å². The van der Waals surface area contributed by atoms with E-state index in [1.807, 2.05) is 56.1 Å². The summed E-state index contributed by atoms with van der Waals surface area (Å²) in [5.74, 6) is 0.797. The van der Waals surface area contributed by atoms with Gasteiger partial charge in [0.2, 0.25) is 0 Å². The van der Waals surface area contributed by atoms with Crippen LogP contribution < -0.4 is 10.6 Å². The summed E-state index contributed by atoms with van der Waals surface area (Å²) in [6, 6.07) is 19.1. The van der Waals surface area contributed by atoms with E-state index in [-0.39, 0.29) is 0 Å². The van der Waals surface area contributed by atoms with E-state index < -0.39 is 0 Å². The molecule has 0 amide bonds. The van der Waals surface area contributed by atoms with E-state index >= 15 is 0 Å². The third kappa shape index (κ3) is 5.29. The standard InChI is InChI=1S/C29H30N8/c1-36-12-9-27(35-36)28-14-22(15-29(34-28)32-16-21-5-3-2-4-6-21)23-13-24(18-31-17-23)25-19-33-37(20-25)26-7-10-30-11-8-26/h2-6,9,12-15,17-20,26,30H,7-8,10-11,16H2,1H3,(H,32,34). The SMILES string of the molecule is Cn1ccc(-c2cc(-c3cncc(-c4cnn(C5CCNCC5)c4)c3)cc(NCc3ccccc3)n2)n1. The van der Waals surface area contributed by atoms with Gasteiger partial charge in [0.25, 0.3) is 0 Å². The number of hydrogen-bond donors (Lipinski definition) is 2. The van der Waals surface area contributed by atoms with Crippen molar-refractivity contribution >= 4 is 5.82 Å². The van der Waals surface area contributed by atoms with Crippen LogP contribution in [0.15, 0.2) is 85.6 Å². The van der Waals surface area contributed by atoms with Crippen LogP contribution >= 0.6 is 0 Å². The molecule has 0 radical (unpaired) electrons. The largest absolute Gasteiger partial charge is 0.366 e. The Hall–Kier alpha value is -4.30. The maximum atomic E-state index is 4.87. The van der Waals surface area contributed by atoms with E-state index in [1.54, 1.807) is 4.68 Å². The van der Waals surface area contributed by atoms with Crippen LogP contribution in [0.1, 0.15) is 24.4 Å². The van der Waals surface area contributed by atoms with Gasteiger partial charge >= 0.3 is 0 Å². The molecular weight excluding hydrogens is 460 g/mol. The van der Waals surface area contributed by atoms with Gasteiger partial charge in [0, 0.05) is 55.1 Å². The lowest BCUT2D eigenvalue weighted by molar-refractivity contribution is 0.343. The average Bonchev–Trinajstić information content (AvgIpc) is 3.63. The fraction of sp³-hybridized carbons (Fsp3) is 0.241. The molecule has 6 rings (SSSR count). The highest BCUT2D eigenvalue weighted by atomic mass is 15.3. The van der Waals surface area contributed by atoms with E-state index in [0.29, 0.717) is 12.6 Å². The summed E-state index contributed by atoms with van der Waals surface area (Å²) in [7, 11) is 1.92. The van der Waals surface area contributed by atoms with Gasteiger partial charge in [-0.25, -0.2) is 4.98 Å². The molecule has 2 N–H and O–H groups in total. The molecule has 0 aliphatic carbocycles. The zero-order valence-corrected chi connectivity index (χ0v) is 20.9. The second-order valence-electron chi connectivity index (χ2n) is 9.49. The fourth-order valence-corrected chi connectivity index (χ4v) is 4.77. The van der Waals surface area contributed by atoms with E-state index in [1.165, 1.54) is 5.56 Å². The molecule has 186 valence electrons. The number of anilines is 1. The summed E-state index contributed by atoms with van der Waals surface area (Å²) in [6.45, 7) is 2.77. The smallest absolute Gasteiger partial charge is 0.127 e. The first-order valence-electron chi connectivity index (χ1n) is 12.7. The number of nitrogens with one attached hydrogen (secondary N) is 2. The normalized spacial score (nSPS) is 14.1. The lowest BCUT2D eigenvalue weighted by atomic mass is 10.0. The Balaban J connectivity index is 1.32. The Morgan fingerprint density at radius 1 is 0.892 bits per heavy atom. The lowest BCUT2D eigenvalue weighted by Crippen LogP contribution is -2.29. The molecule has 1 aliphatic rings. The third-order valence-corrected chi connectivity index (χ3v) is 6.81. The first-order valence-corrected chi connectivity index (χ1v) is 12.7. The number of aromatic nitrogens is 6. The van der Waals surface area contributed by atoms with E-state index in [0.717, 1.165) is 65.4 Å². The molecule has 37 heavy (non-hydrogen) atoms. The summed E-state index contributed by atoms with van der Waals surface area (Å²) in [5, 5.41) is 16.2. The number of pyridine rings is 2. The molecule has 0 bridgehead atoms. The highest BCUT2D eigenvalue weighted by molar-refractivity contribution is 5.75. The molecule has 1 fully saturated rings. The van der Waals surface area contributed by atoms with Crippen LogP contribution in [0.3, 0.4) is 0 Å². The van der Waals surface area contributed by atoms with Crippen molar-refractivity contribution in [1.82, 2.24) is 34.8 Å². The van der Waals surface area contributed by atoms with Crippen molar-refractivity contribution in [2.75, 3.05) is 18.4 Å². The van der Waals surface area contributed by atoms with Crippen molar-refractivity contribution in [3.8, 4) is 33.6 Å². The molecule has 5 aromatic rings. The molecule has 1 saturated heterocycles. The van der Waals surface area contributed by atoms with Crippen LogP contribution in [-0.2, 0) is 13.6 Å². The van der Waals surface area contributed by atoms with Gasteiger partial charge in [0.05, 0.1) is 17.9 Å². The molecule has 1 aromatic carbocycles. The number of benzene rings is 1. The molecule has 0 atom stereocenters. The molecule has 4 aromatic heterocycles. The van der Waals surface area contributed by atoms with E-state index in [9.17, 15) is 0 Å². The summed E-state index contributed by atoms with van der Waals surface area (Å²) < 4.78 is 3.91. The highest BCUT2D eigenvalue weighted by Gasteiger charge is 2.17. The van der Waals surface area contributed by atoms with Gasteiger partial charge in [-0.3, -0.25) is 14.3 Å². The molecule has 0 saturated carbocycles. The minimum Gasteiger partial charge on any atom is -0.366 e. The number of nitrogens with zero attached hydrogens (tertiary/aromatic N) is 6. The average molecular weight is 491 g/mol. The van der Waals surface area contributed by atoms with Crippen LogP contribution in [-0.4, -0.2) is 42.6 Å². The Morgan fingerprint density at radius 2 is 1.70 bits per heavy atom. The summed E-state index contributed by atoms with van der Waals surface area (Å²) >= 11 is 0. The maximum Gasteiger partial charge on any atom is 0.127 e. The number of aryl methyl sites for hydroxylation is 1. The van der Waals surface area contributed by atoms with Crippen molar-refractivity contribution in [3.05, 3.63) is 91.1 Å². The van der Waals surface area contributed by atoms with E-state index in [2.05, 4.69) is 67.0 Å². The van der Waals surface area contributed by atoms with Crippen LogP contribution in [0.5, 0.6) is 0 Å². The summed E-state index contributed by atoms with van der Waals surface area (Å²) in [6.07, 6.45) is 12.0. The van der Waals surface area contributed by atoms with Crippen LogP contribution in [0.4, 0.5) is 5.82 Å². The van der Waals surface area contributed by atoms with Crippen molar-refractivity contribution in [2.24, 2.45) is 7.05 Å². The molecule has 8 heteroatoms. The zero-order chi connectivity index (χ0) is 25.0. The molecule has 1 aliphatic heterocycles. The lowest BCUT2D eigenvalue weighted by Gasteiger charge is -2.22. The molecule has 5 heterocycles. The first-order chi connectivity index (χ1) is 18.2. The summed E-state index contributed by atoms with van der Waals surface area (Å²) in [4.78, 5) is 9.45. The zero-order valence-electron chi connectivity index (χ0n) is 20.9. The number of rotatable bonds is 7. The maximum absolute atomic E-state index is 4.87. The molecule has 8 nitrogen and oxygen atoms in total. The number of piperidine rings is 1. The molecule has 0 spiro atoms. The van der Waals surface area contributed by atoms with Crippen molar-refractivity contribution < 1.29 is 0 Å². The summed E-state index contributed by atoms with van der Waals surface area (Å²) in [5.41, 5.74) is 7.03. The second-order valence-corrected chi connectivity index (χ2v) is 9.49. The Morgan fingerprint density at radius 3 is 2.49 bits per heavy atom. The second kappa shape index (κ2) is 10.4. The minimum atomic E-state index is 0.450. The van der Waals surface area contributed by atoms with Gasteiger partial charge in [-0.1, -0.05) is 30.3 Å². The van der Waals surface area contributed by atoms with Gasteiger partial charge in [-0.15, -0.1) is 0 Å². The third-order valence-electron chi connectivity index (χ3n) is 6.81. The monoisotopic (exact) mass is 490 g/mol. The first kappa shape index (κ1) is 23.1. The predicted molar refractivity (Wildman–Crippen MR) is 146 cm³/mol. The van der Waals surface area contributed by atoms with Crippen LogP contribution in [0.2, 0.25) is 0 Å². The van der Waals surface area contributed by atoms with Gasteiger partial charge in [-0.05, 0) is 61.3 Å². The van der Waals surface area contributed by atoms with Gasteiger partial charge in [-0.2, -0.15) is 10.2 Å². The van der Waals surface area contributed by atoms with E-state index in [4.69, 9.17) is 4.98 Å². The fourth-order valence-electron chi connectivity index (χ4n) is 4.77. The Bertz CT molecular complexity index is 1480. The van der Waals surface area contributed by atoms with Crippen molar-refractivity contribution in [2.45, 2.75) is 25.4 Å².